The van der Waals surface area contributed by atoms with Crippen molar-refractivity contribution in [1.29, 1.82) is 0 Å². The van der Waals surface area contributed by atoms with Crippen LogP contribution in [0.3, 0.4) is 0 Å². The number of oxime groups is 1. The van der Waals surface area contributed by atoms with Crippen molar-refractivity contribution in [1.82, 2.24) is 5.32 Å². The minimum Gasteiger partial charge on any atom is -0.492 e. The zero-order valence-electron chi connectivity index (χ0n) is 11.9. The summed E-state index contributed by atoms with van der Waals surface area (Å²) in [5.41, 5.74) is 6.13. The van der Waals surface area contributed by atoms with Crippen molar-refractivity contribution in [2.24, 2.45) is 10.9 Å². The van der Waals surface area contributed by atoms with Crippen molar-refractivity contribution >= 4 is 5.84 Å². The van der Waals surface area contributed by atoms with Gasteiger partial charge in [-0.2, -0.15) is 0 Å². The second-order valence-electron chi connectivity index (χ2n) is 4.55. The van der Waals surface area contributed by atoms with E-state index in [0.717, 1.165) is 17.3 Å². The van der Waals surface area contributed by atoms with E-state index in [-0.39, 0.29) is 5.84 Å². The molecule has 1 aromatic heterocycles. The molecule has 0 fully saturated rings. The third-order valence-corrected chi connectivity index (χ3v) is 2.90. The molecule has 0 aliphatic carbocycles. The van der Waals surface area contributed by atoms with Crippen LogP contribution in [0, 0.1) is 6.92 Å². The highest BCUT2D eigenvalue weighted by atomic mass is 16.5. The van der Waals surface area contributed by atoms with Gasteiger partial charge in [0.05, 0.1) is 6.54 Å². The summed E-state index contributed by atoms with van der Waals surface area (Å²) in [6.45, 7) is 3.86. The van der Waals surface area contributed by atoms with Gasteiger partial charge in [-0.25, -0.2) is 0 Å². The molecule has 6 heteroatoms. The van der Waals surface area contributed by atoms with E-state index in [4.69, 9.17) is 20.1 Å². The smallest absolute Gasteiger partial charge is 0.170 e. The first-order valence-corrected chi connectivity index (χ1v) is 6.66. The van der Waals surface area contributed by atoms with Crippen molar-refractivity contribution in [3.8, 4) is 5.75 Å². The predicted octanol–water partition coefficient (Wildman–Crippen LogP) is 1.85. The van der Waals surface area contributed by atoms with Gasteiger partial charge < -0.3 is 25.4 Å². The van der Waals surface area contributed by atoms with Gasteiger partial charge in [0.2, 0.25) is 0 Å². The highest BCUT2D eigenvalue weighted by Gasteiger charge is 2.00. The lowest BCUT2D eigenvalue weighted by molar-refractivity contribution is 0.310. The van der Waals surface area contributed by atoms with Crippen molar-refractivity contribution in [3.63, 3.8) is 0 Å². The molecule has 21 heavy (non-hydrogen) atoms. The minimum atomic E-state index is 0.0805. The number of ether oxygens (including phenoxy) is 1. The Labute approximate surface area is 123 Å². The number of amidine groups is 1. The molecule has 112 valence electrons. The van der Waals surface area contributed by atoms with Gasteiger partial charge in [-0.1, -0.05) is 5.16 Å². The number of aryl methyl sites for hydroxylation is 1. The molecule has 0 atom stereocenters. The van der Waals surface area contributed by atoms with Gasteiger partial charge >= 0.3 is 0 Å². The van der Waals surface area contributed by atoms with Crippen molar-refractivity contribution in [2.75, 3.05) is 13.2 Å². The number of nitrogens with one attached hydrogen (secondary N) is 1. The summed E-state index contributed by atoms with van der Waals surface area (Å²) >= 11 is 0. The van der Waals surface area contributed by atoms with Crippen LogP contribution in [0.2, 0.25) is 0 Å². The summed E-state index contributed by atoms with van der Waals surface area (Å²) < 4.78 is 11.0. The standard InChI is InChI=1S/C15H19N3O3/c1-11-2-5-14(21-11)10-17-8-9-20-13-6-3-12(4-7-13)15(16)18-19/h2-7,17,19H,8-10H2,1H3,(H2,16,18). The Morgan fingerprint density at radius 1 is 1.29 bits per heavy atom. The number of nitrogens with two attached hydrogens (primary N) is 1. The maximum absolute atomic E-state index is 8.57. The van der Waals surface area contributed by atoms with E-state index >= 15 is 0 Å². The monoisotopic (exact) mass is 289 g/mol. The highest BCUT2D eigenvalue weighted by molar-refractivity contribution is 5.97. The number of benzene rings is 1. The first kappa shape index (κ1) is 14.9. The summed E-state index contributed by atoms with van der Waals surface area (Å²) in [5, 5.41) is 14.7. The quantitative estimate of drug-likeness (QED) is 0.238. The molecule has 6 nitrogen and oxygen atoms in total. The van der Waals surface area contributed by atoms with Gasteiger partial charge in [-0.05, 0) is 43.3 Å². The van der Waals surface area contributed by atoms with Gasteiger partial charge in [-0.15, -0.1) is 0 Å². The lowest BCUT2D eigenvalue weighted by Crippen LogP contribution is -2.20. The van der Waals surface area contributed by atoms with Crippen LogP contribution in [0.15, 0.2) is 46.0 Å². The summed E-state index contributed by atoms with van der Waals surface area (Å²) in [5.74, 6) is 2.64. The first-order chi connectivity index (χ1) is 10.2. The maximum Gasteiger partial charge on any atom is 0.170 e. The predicted molar refractivity (Wildman–Crippen MR) is 79.6 cm³/mol. The van der Waals surface area contributed by atoms with E-state index in [1.165, 1.54) is 0 Å². The molecule has 4 N–H and O–H groups in total. The summed E-state index contributed by atoms with van der Waals surface area (Å²) in [7, 11) is 0. The van der Waals surface area contributed by atoms with Crippen LogP contribution in [-0.2, 0) is 6.54 Å². The average molecular weight is 289 g/mol. The maximum atomic E-state index is 8.57. The third kappa shape index (κ3) is 4.54. The van der Waals surface area contributed by atoms with Gasteiger partial charge in [0.1, 0.15) is 23.9 Å². The van der Waals surface area contributed by atoms with Crippen LogP contribution in [0.5, 0.6) is 5.75 Å². The fraction of sp³-hybridized carbons (Fsp3) is 0.267. The zero-order chi connectivity index (χ0) is 15.1. The molecule has 0 spiro atoms. The van der Waals surface area contributed by atoms with Gasteiger partial charge in [0.15, 0.2) is 5.84 Å². The fourth-order valence-electron chi connectivity index (χ4n) is 1.81. The second-order valence-corrected chi connectivity index (χ2v) is 4.55. The van der Waals surface area contributed by atoms with Crippen LogP contribution < -0.4 is 15.8 Å². The number of rotatable bonds is 7. The lowest BCUT2D eigenvalue weighted by Gasteiger charge is -2.07. The zero-order valence-corrected chi connectivity index (χ0v) is 11.9. The van der Waals surface area contributed by atoms with Crippen molar-refractivity contribution in [2.45, 2.75) is 13.5 Å². The molecule has 1 heterocycles. The van der Waals surface area contributed by atoms with Crippen LogP contribution in [-0.4, -0.2) is 24.2 Å². The van der Waals surface area contributed by atoms with Crippen molar-refractivity contribution < 1.29 is 14.4 Å². The molecular formula is C15H19N3O3. The first-order valence-electron chi connectivity index (χ1n) is 6.66. The number of hydrogen-bond acceptors (Lipinski definition) is 5. The average Bonchev–Trinajstić information content (AvgIpc) is 2.92. The van der Waals surface area contributed by atoms with Crippen LogP contribution in [0.25, 0.3) is 0 Å². The van der Waals surface area contributed by atoms with Crippen LogP contribution >= 0.6 is 0 Å². The minimum absolute atomic E-state index is 0.0805. The molecule has 0 unspecified atom stereocenters. The Balaban J connectivity index is 1.69. The van der Waals surface area contributed by atoms with E-state index in [1.54, 1.807) is 24.3 Å². The normalized spacial score (nSPS) is 11.6. The highest BCUT2D eigenvalue weighted by Crippen LogP contribution is 2.11. The van der Waals surface area contributed by atoms with Crippen LogP contribution in [0.1, 0.15) is 17.1 Å². The molecular weight excluding hydrogens is 270 g/mol. The number of hydrogen-bond donors (Lipinski definition) is 3. The second kappa shape index (κ2) is 7.35. The lowest BCUT2D eigenvalue weighted by atomic mass is 10.2. The largest absolute Gasteiger partial charge is 0.492 e. The SMILES string of the molecule is Cc1ccc(CNCCOc2ccc(C(N)=NO)cc2)o1. The molecule has 0 bridgehead atoms. The van der Waals surface area contributed by atoms with E-state index in [2.05, 4.69) is 10.5 Å². The molecule has 0 saturated heterocycles. The van der Waals surface area contributed by atoms with E-state index in [1.807, 2.05) is 19.1 Å². The van der Waals surface area contributed by atoms with Crippen molar-refractivity contribution in [3.05, 3.63) is 53.5 Å². The van der Waals surface area contributed by atoms with Crippen LogP contribution in [0.4, 0.5) is 0 Å². The Morgan fingerprint density at radius 2 is 2.05 bits per heavy atom. The third-order valence-electron chi connectivity index (χ3n) is 2.90. The van der Waals surface area contributed by atoms with E-state index < -0.39 is 0 Å². The van der Waals surface area contributed by atoms with E-state index in [0.29, 0.717) is 25.3 Å². The number of furan rings is 1. The molecule has 2 rings (SSSR count). The van der Waals surface area contributed by atoms with E-state index in [9.17, 15) is 0 Å². The summed E-state index contributed by atoms with van der Waals surface area (Å²) in [6, 6.07) is 10.9. The Kier molecular flexibility index (Phi) is 5.22. The fourth-order valence-corrected chi connectivity index (χ4v) is 1.81. The summed E-state index contributed by atoms with van der Waals surface area (Å²) in [6.07, 6.45) is 0. The molecule has 0 amide bonds. The molecule has 2 aromatic rings. The summed E-state index contributed by atoms with van der Waals surface area (Å²) in [4.78, 5) is 0. The molecule has 0 radical (unpaired) electrons. The van der Waals surface area contributed by atoms with Gasteiger partial charge in [-0.3, -0.25) is 0 Å². The van der Waals surface area contributed by atoms with Gasteiger partial charge in [0.25, 0.3) is 0 Å². The molecule has 1 aromatic carbocycles. The Morgan fingerprint density at radius 3 is 2.67 bits per heavy atom. The molecule has 0 aliphatic heterocycles. The van der Waals surface area contributed by atoms with Gasteiger partial charge in [0, 0.05) is 12.1 Å². The topological polar surface area (TPSA) is 93.0 Å². The molecule has 0 saturated carbocycles. The Bertz CT molecular complexity index is 590. The number of nitrogens with zero attached hydrogens (tertiary/aromatic N) is 1. The molecule has 0 aliphatic rings. The Hall–Kier alpha value is -2.47.